The highest BCUT2D eigenvalue weighted by Crippen LogP contribution is 2.26. The van der Waals surface area contributed by atoms with Gasteiger partial charge in [-0.3, -0.25) is 4.79 Å². The Bertz CT molecular complexity index is 1720. The summed E-state index contributed by atoms with van der Waals surface area (Å²) in [5.41, 5.74) is 8.44. The minimum absolute atomic E-state index is 0.128. The van der Waals surface area contributed by atoms with Crippen LogP contribution in [0.15, 0.2) is 101 Å². The van der Waals surface area contributed by atoms with Crippen molar-refractivity contribution in [3.05, 3.63) is 130 Å². The smallest absolute Gasteiger partial charge is 0.307 e. The van der Waals surface area contributed by atoms with Gasteiger partial charge in [-0.1, -0.05) is 29.8 Å². The maximum atomic E-state index is 12.7. The predicted octanol–water partition coefficient (Wildman–Crippen LogP) is 7.33. The van der Waals surface area contributed by atoms with E-state index < -0.39 is 5.91 Å². The van der Waals surface area contributed by atoms with Crippen molar-refractivity contribution in [2.45, 2.75) is 27.1 Å². The Labute approximate surface area is 256 Å². The van der Waals surface area contributed by atoms with Crippen LogP contribution < -0.4 is 19.8 Å². The molecule has 3 aromatic carbocycles. The van der Waals surface area contributed by atoms with Crippen LogP contribution in [0.3, 0.4) is 0 Å². The average Bonchev–Trinajstić information content (AvgIpc) is 3.62. The largest absolute Gasteiger partial charge is 0.488 e. The van der Waals surface area contributed by atoms with E-state index in [2.05, 4.69) is 41.1 Å². The number of carbonyl (C=O) groups excluding carboxylic acids is 1. The molecule has 1 N–H and O–H groups in total. The average molecular weight is 597 g/mol. The fourth-order valence-electron chi connectivity index (χ4n) is 4.52. The monoisotopic (exact) mass is 596 g/mol. The number of furan rings is 1. The van der Waals surface area contributed by atoms with Crippen molar-refractivity contribution in [3.8, 4) is 17.2 Å². The number of halogens is 1. The Hall–Kier alpha value is -4.95. The first kappa shape index (κ1) is 29.5. The van der Waals surface area contributed by atoms with Gasteiger partial charge in [0.15, 0.2) is 5.76 Å². The number of amides is 1. The highest BCUT2D eigenvalue weighted by Gasteiger charge is 2.12. The van der Waals surface area contributed by atoms with E-state index in [4.69, 9.17) is 25.5 Å². The van der Waals surface area contributed by atoms with E-state index in [0.29, 0.717) is 27.8 Å². The summed E-state index contributed by atoms with van der Waals surface area (Å²) < 4.78 is 19.8. The third-order valence-electron chi connectivity index (χ3n) is 6.86. The van der Waals surface area contributed by atoms with E-state index >= 15 is 0 Å². The molecule has 0 bridgehead atoms. The first-order chi connectivity index (χ1) is 20.8. The molecule has 220 valence electrons. The highest BCUT2D eigenvalue weighted by molar-refractivity contribution is 6.31. The lowest BCUT2D eigenvalue weighted by atomic mass is 10.2. The molecule has 0 radical (unpaired) electrons. The van der Waals surface area contributed by atoms with Crippen molar-refractivity contribution in [2.24, 2.45) is 5.10 Å². The maximum Gasteiger partial charge on any atom is 0.307 e. The lowest BCUT2D eigenvalue weighted by Gasteiger charge is -2.16. The van der Waals surface area contributed by atoms with Crippen LogP contribution in [-0.4, -0.2) is 30.8 Å². The van der Waals surface area contributed by atoms with Crippen molar-refractivity contribution < 1.29 is 18.7 Å². The molecule has 2 aromatic heterocycles. The zero-order valence-electron chi connectivity index (χ0n) is 24.5. The summed E-state index contributed by atoms with van der Waals surface area (Å²) in [6, 6.07) is 28.6. The van der Waals surface area contributed by atoms with Gasteiger partial charge in [0.2, 0.25) is 0 Å². The maximum absolute atomic E-state index is 12.7. The van der Waals surface area contributed by atoms with Gasteiger partial charge in [-0.05, 0) is 80.6 Å². The third-order valence-corrected chi connectivity index (χ3v) is 7.23. The first-order valence-corrected chi connectivity index (χ1v) is 14.1. The normalized spacial score (nSPS) is 11.1. The summed E-state index contributed by atoms with van der Waals surface area (Å²) >= 11 is 6.29. The molecule has 0 unspecified atom stereocenters. The molecule has 5 rings (SSSR count). The van der Waals surface area contributed by atoms with Gasteiger partial charge < -0.3 is 23.4 Å². The number of aryl methyl sites for hydroxylation is 2. The number of rotatable bonds is 11. The summed E-state index contributed by atoms with van der Waals surface area (Å²) in [6.07, 6.45) is 1.53. The van der Waals surface area contributed by atoms with Crippen molar-refractivity contribution in [1.82, 2.24) is 9.99 Å². The number of benzene rings is 3. The number of carbonyl (C=O) groups is 1. The quantitative estimate of drug-likeness (QED) is 0.128. The van der Waals surface area contributed by atoms with E-state index in [9.17, 15) is 4.79 Å². The van der Waals surface area contributed by atoms with Crippen LogP contribution in [0.4, 0.5) is 5.69 Å². The fourth-order valence-corrected chi connectivity index (χ4v) is 4.71. The van der Waals surface area contributed by atoms with Gasteiger partial charge in [-0.25, -0.2) is 5.43 Å². The molecule has 0 fully saturated rings. The molecule has 5 aromatic rings. The number of nitrogens with zero attached hydrogens (tertiary/aromatic N) is 3. The van der Waals surface area contributed by atoms with Crippen molar-refractivity contribution in [2.75, 3.05) is 19.0 Å². The van der Waals surface area contributed by atoms with Crippen LogP contribution in [0.5, 0.6) is 11.5 Å². The number of hydrogen-bond donors (Lipinski definition) is 1. The minimum Gasteiger partial charge on any atom is -0.488 e. The molecular formula is C34H33ClN4O4. The standard InChI is InChI=1S/C34H33ClN4O4/c1-23-9-10-24(2)39(23)27-13-15-29(16-14-27)41-22-30-17-18-32(43-30)34(40)37-36-20-25-11-12-28(38(3)4)19-33(25)42-21-26-7-5-6-8-31(26)35/h5-20H,21-22H2,1-4H3,(H,37,40)/b36-20+. The second kappa shape index (κ2) is 13.4. The molecule has 8 nitrogen and oxygen atoms in total. The first-order valence-electron chi connectivity index (χ1n) is 13.8. The van der Waals surface area contributed by atoms with Crippen LogP contribution >= 0.6 is 11.6 Å². The van der Waals surface area contributed by atoms with Crippen molar-refractivity contribution in [3.63, 3.8) is 0 Å². The van der Waals surface area contributed by atoms with E-state index in [0.717, 1.165) is 16.9 Å². The zero-order chi connectivity index (χ0) is 30.3. The molecule has 0 spiro atoms. The molecule has 0 saturated carbocycles. The zero-order valence-corrected chi connectivity index (χ0v) is 25.3. The lowest BCUT2D eigenvalue weighted by Crippen LogP contribution is -2.17. The Morgan fingerprint density at radius 1 is 0.930 bits per heavy atom. The van der Waals surface area contributed by atoms with E-state index in [1.54, 1.807) is 12.1 Å². The Morgan fingerprint density at radius 3 is 2.40 bits per heavy atom. The number of hydrogen-bond acceptors (Lipinski definition) is 6. The molecule has 0 aliphatic carbocycles. The van der Waals surface area contributed by atoms with Crippen molar-refractivity contribution in [1.29, 1.82) is 0 Å². The summed E-state index contributed by atoms with van der Waals surface area (Å²) in [5, 5.41) is 4.76. The molecular weight excluding hydrogens is 564 g/mol. The number of nitrogens with one attached hydrogen (secondary N) is 1. The summed E-state index contributed by atoms with van der Waals surface area (Å²) in [4.78, 5) is 14.7. The second-order valence-corrected chi connectivity index (χ2v) is 10.6. The minimum atomic E-state index is -0.479. The summed E-state index contributed by atoms with van der Waals surface area (Å²) in [6.45, 7) is 4.62. The number of anilines is 1. The van der Waals surface area contributed by atoms with E-state index in [-0.39, 0.29) is 19.0 Å². The Morgan fingerprint density at radius 2 is 1.67 bits per heavy atom. The number of aromatic nitrogens is 1. The van der Waals surface area contributed by atoms with Gasteiger partial charge >= 0.3 is 5.91 Å². The molecule has 43 heavy (non-hydrogen) atoms. The summed E-state index contributed by atoms with van der Waals surface area (Å²) in [7, 11) is 3.90. The second-order valence-electron chi connectivity index (χ2n) is 10.2. The summed E-state index contributed by atoms with van der Waals surface area (Å²) in [5.74, 6) is 1.47. The molecule has 0 saturated heterocycles. The van der Waals surface area contributed by atoms with Gasteiger partial charge in [0.1, 0.15) is 30.5 Å². The van der Waals surface area contributed by atoms with Gasteiger partial charge in [0, 0.05) is 59.1 Å². The van der Waals surface area contributed by atoms with Gasteiger partial charge in [-0.2, -0.15) is 5.10 Å². The predicted molar refractivity (Wildman–Crippen MR) is 170 cm³/mol. The molecule has 2 heterocycles. The topological polar surface area (TPSA) is 81.2 Å². The van der Waals surface area contributed by atoms with Crippen molar-refractivity contribution >= 4 is 29.4 Å². The number of ether oxygens (including phenoxy) is 2. The third kappa shape index (κ3) is 7.28. The van der Waals surface area contributed by atoms with Gasteiger partial charge in [0.25, 0.3) is 0 Å². The molecule has 0 aliphatic heterocycles. The Balaban J connectivity index is 1.18. The number of hydrazone groups is 1. The van der Waals surface area contributed by atoms with Crippen LogP contribution in [0, 0.1) is 13.8 Å². The van der Waals surface area contributed by atoms with Gasteiger partial charge in [0.05, 0.1) is 6.21 Å². The van der Waals surface area contributed by atoms with E-state index in [1.165, 1.54) is 17.6 Å². The Kier molecular flexibility index (Phi) is 9.17. The van der Waals surface area contributed by atoms with Crippen LogP contribution in [-0.2, 0) is 13.2 Å². The lowest BCUT2D eigenvalue weighted by molar-refractivity contribution is 0.0923. The van der Waals surface area contributed by atoms with E-state index in [1.807, 2.05) is 85.7 Å². The molecule has 0 aliphatic rings. The molecule has 9 heteroatoms. The van der Waals surface area contributed by atoms with Crippen LogP contribution in [0.25, 0.3) is 5.69 Å². The van der Waals surface area contributed by atoms with Gasteiger partial charge in [-0.15, -0.1) is 0 Å². The fraction of sp³-hybridized carbons (Fsp3) is 0.176. The SMILES string of the molecule is Cc1ccc(C)n1-c1ccc(OCc2ccc(C(=O)N/N=C/c3ccc(N(C)C)cc3OCc3ccccc3Cl)o2)cc1. The molecule has 0 atom stereocenters. The van der Waals surface area contributed by atoms with Crippen LogP contribution in [0.1, 0.15) is 38.8 Å². The van der Waals surface area contributed by atoms with Crippen LogP contribution in [0.2, 0.25) is 5.02 Å². The molecule has 1 amide bonds. The highest BCUT2D eigenvalue weighted by atomic mass is 35.5.